The quantitative estimate of drug-likeness (QED) is 0.0273. The normalized spacial score (nSPS) is 10.0. The van der Waals surface area contributed by atoms with Gasteiger partial charge >= 0.3 is 0 Å². The molecular weight excluding hydrogens is 1280 g/mol. The maximum absolute atomic E-state index is 4.30. The Labute approximate surface area is 596 Å². The molecule has 0 radical (unpaired) electrons. The molecule has 10 heteroatoms. The van der Waals surface area contributed by atoms with Gasteiger partial charge in [-0.3, -0.25) is 23.5 Å². The number of thiol groups is 5. The van der Waals surface area contributed by atoms with Gasteiger partial charge in [-0.25, -0.2) is 0 Å². The molecule has 0 aromatic heterocycles. The van der Waals surface area contributed by atoms with Crippen molar-refractivity contribution < 1.29 is 23.5 Å². The van der Waals surface area contributed by atoms with Crippen molar-refractivity contribution >= 4 is 63.1 Å². The summed E-state index contributed by atoms with van der Waals surface area (Å²) in [6.45, 7) is 11.1. The third-order valence-corrected chi connectivity index (χ3v) is 17.5. The van der Waals surface area contributed by atoms with Crippen LogP contribution in [0.5, 0.6) is 0 Å². The Bertz CT molecular complexity index is 2920. The average Bonchev–Trinajstić information content (AvgIpc) is 3.77. The fraction of sp³-hybridized carbons (Fsp3) is 0.294. The summed E-state index contributed by atoms with van der Waals surface area (Å²) in [6.07, 6.45) is 23.0. The molecule has 10 rings (SSSR count). The molecule has 0 saturated carbocycles. The van der Waals surface area contributed by atoms with Crippen LogP contribution in [0.15, 0.2) is 267 Å². The molecule has 0 unspecified atom stereocenters. The van der Waals surface area contributed by atoms with Crippen LogP contribution < -0.4 is 0 Å². The fourth-order valence-corrected chi connectivity index (χ4v) is 11.3. The average molecular weight is 1380 g/mol. The second-order valence-corrected chi connectivity index (χ2v) is 26.2. The van der Waals surface area contributed by atoms with E-state index in [4.69, 9.17) is 0 Å². The molecule has 0 aliphatic rings. The van der Waals surface area contributed by atoms with Crippen LogP contribution in [0.25, 0.3) is 0 Å². The maximum Gasteiger partial charge on any atom is 0.00401 e. The predicted octanol–water partition coefficient (Wildman–Crippen LogP) is 24.3. The first-order chi connectivity index (χ1) is 43.9. The lowest BCUT2D eigenvalue weighted by molar-refractivity contribution is 0.914. The van der Waals surface area contributed by atoms with Gasteiger partial charge in [-0.05, 0) is 240 Å². The summed E-state index contributed by atoms with van der Waals surface area (Å²) < 4.78 is 0. The lowest BCUT2D eigenvalue weighted by Gasteiger charge is -2.04. The molecule has 0 bridgehead atoms. The van der Waals surface area contributed by atoms with Gasteiger partial charge in [0.2, 0.25) is 0 Å². The Morgan fingerprint density at radius 3 is 0.295 bits per heavy atom. The summed E-state index contributed by atoms with van der Waals surface area (Å²) in [4.78, 5) is 5.15. The second-order valence-electron chi connectivity index (χ2n) is 23.7. The number of rotatable bonds is 25. The van der Waals surface area contributed by atoms with E-state index in [-0.39, 0.29) is 23.5 Å². The molecule has 0 N–H and O–H groups in total. The Morgan fingerprint density at radius 1 is 0.137 bits per heavy atom. The molecule has 0 aliphatic heterocycles. The Morgan fingerprint density at radius 2 is 0.211 bits per heavy atom. The molecule has 0 spiro atoms. The highest BCUT2D eigenvalue weighted by atomic mass is 32.1. The van der Waals surface area contributed by atoms with Crippen LogP contribution in [-0.4, -0.2) is 0 Å². The first-order valence-electron chi connectivity index (χ1n) is 33.2. The van der Waals surface area contributed by atoms with Crippen molar-refractivity contribution in [2.45, 2.75) is 188 Å². The van der Waals surface area contributed by atoms with E-state index in [0.29, 0.717) is 0 Å². The predicted molar refractivity (Wildman–Crippen MR) is 420 cm³/mol. The highest BCUT2D eigenvalue weighted by molar-refractivity contribution is 7.81. The van der Waals surface area contributed by atoms with E-state index in [1.807, 2.05) is 0 Å². The van der Waals surface area contributed by atoms with Gasteiger partial charge in [-0.1, -0.05) is 249 Å². The van der Waals surface area contributed by atoms with Crippen LogP contribution in [-0.2, 0) is 96.3 Å². The zero-order valence-corrected chi connectivity index (χ0v) is 61.0. The van der Waals surface area contributed by atoms with E-state index >= 15 is 0 Å². The van der Waals surface area contributed by atoms with Crippen molar-refractivity contribution in [3.05, 3.63) is 326 Å². The molecule has 10 aromatic carbocycles. The lowest BCUT2D eigenvalue weighted by Crippen LogP contribution is -1.92. The number of aryl methyl sites for hydroxylation is 15. The molecule has 0 saturated heterocycles. The van der Waals surface area contributed by atoms with Gasteiger partial charge in [0.25, 0.3) is 0 Å². The molecule has 0 atom stereocenters. The highest BCUT2D eigenvalue weighted by Gasteiger charge is 2.03. The fourth-order valence-electron chi connectivity index (χ4n) is 10.6. The van der Waals surface area contributed by atoms with Crippen LogP contribution >= 0.6 is 63.1 Å². The van der Waals surface area contributed by atoms with E-state index < -0.39 is 0 Å². The summed E-state index contributed by atoms with van der Waals surface area (Å²) in [5, 5.41) is 0. The third-order valence-electron chi connectivity index (χ3n) is 16.0. The summed E-state index contributed by atoms with van der Waals surface area (Å²) in [7, 11) is 0. The number of hydrogen-bond acceptors (Lipinski definition) is 5. The second kappa shape index (κ2) is 50.9. The summed E-state index contributed by atoms with van der Waals surface area (Å²) in [5.41, 5.74) is 21.2. The molecule has 0 fully saturated rings. The third kappa shape index (κ3) is 36.0. The summed E-state index contributed by atoms with van der Waals surface area (Å²) in [6, 6.07) is 87.4. The van der Waals surface area contributed by atoms with E-state index in [1.165, 1.54) is 148 Å². The summed E-state index contributed by atoms with van der Waals surface area (Å²) in [5.74, 6) is 0. The van der Waals surface area contributed by atoms with Crippen molar-refractivity contribution in [1.82, 2.24) is 0 Å². The van der Waals surface area contributed by atoms with Crippen molar-refractivity contribution in [2.24, 2.45) is 0 Å². The smallest absolute Gasteiger partial charge is 0.00401 e. The first-order valence-corrected chi connectivity index (χ1v) is 35.4. The van der Waals surface area contributed by atoms with Crippen LogP contribution in [0.1, 0.15) is 150 Å². The molecular formula is C85H105F5S5. The van der Waals surface area contributed by atoms with Crippen LogP contribution in [0, 0.1) is 0 Å². The van der Waals surface area contributed by atoms with Gasteiger partial charge in [0.1, 0.15) is 0 Å². The van der Waals surface area contributed by atoms with Crippen LogP contribution in [0.4, 0.5) is 23.5 Å². The largest absolute Gasteiger partial charge is 0.269 e. The van der Waals surface area contributed by atoms with E-state index in [9.17, 15) is 0 Å². The zero-order valence-electron chi connectivity index (χ0n) is 56.5. The van der Waals surface area contributed by atoms with Gasteiger partial charge in [0.05, 0.1) is 0 Å². The SMILES string of the molecule is CCCc1ccc(CCc2ccc(S)cc2)cc1.CCCc1ccc(CCc2ccc(S)cc2)cc1.CCCc1ccc(CCc2ccc(S)cc2)cc1.CCCc1ccc(CCc2ccc(S)cc2)cc1.CCCc1ccc(CCc2ccc(S)cc2)cc1.F.F.F.F.F. The highest BCUT2D eigenvalue weighted by Crippen LogP contribution is 2.19. The van der Waals surface area contributed by atoms with Crippen molar-refractivity contribution in [3.63, 3.8) is 0 Å². The van der Waals surface area contributed by atoms with E-state index in [2.05, 4.69) is 340 Å². The first kappa shape index (κ1) is 86.6. The van der Waals surface area contributed by atoms with Crippen molar-refractivity contribution in [1.29, 1.82) is 0 Å². The van der Waals surface area contributed by atoms with E-state index in [1.54, 1.807) is 0 Å². The Hall–Kier alpha value is -6.40. The monoisotopic (exact) mass is 1380 g/mol. The molecule has 0 amide bonds. The minimum Gasteiger partial charge on any atom is -0.269 e. The Kier molecular flexibility index (Phi) is 46.4. The molecule has 510 valence electrons. The molecule has 0 heterocycles. The summed E-state index contributed by atoms with van der Waals surface area (Å²) >= 11 is 21.5. The van der Waals surface area contributed by atoms with Crippen molar-refractivity contribution in [2.75, 3.05) is 0 Å². The van der Waals surface area contributed by atoms with Crippen LogP contribution in [0.3, 0.4) is 0 Å². The van der Waals surface area contributed by atoms with Gasteiger partial charge in [-0.2, -0.15) is 0 Å². The zero-order chi connectivity index (χ0) is 64.0. The molecule has 0 aliphatic carbocycles. The van der Waals surface area contributed by atoms with Crippen molar-refractivity contribution in [3.8, 4) is 0 Å². The van der Waals surface area contributed by atoms with Gasteiger partial charge in [0, 0.05) is 24.5 Å². The number of benzene rings is 10. The lowest BCUT2D eigenvalue weighted by atomic mass is 10.0. The minimum atomic E-state index is 0. The van der Waals surface area contributed by atoms with Gasteiger partial charge in [0.15, 0.2) is 0 Å². The minimum absolute atomic E-state index is 0. The Balaban J connectivity index is 0.000000586. The number of halogens is 5. The standard InChI is InChI=1S/5C17H20S.5FH/c5*1-2-3-14-4-6-15(7-5-14)8-9-16-10-12-17(18)13-11-16;;;;;/h5*4-7,10-13,18H,2-3,8-9H2,1H3;5*1H. The van der Waals surface area contributed by atoms with E-state index in [0.717, 1.165) is 88.7 Å². The number of hydrogen-bond donors (Lipinski definition) is 5. The van der Waals surface area contributed by atoms with Gasteiger partial charge in [-0.15, -0.1) is 63.1 Å². The molecule has 10 aromatic rings. The molecule has 0 nitrogen and oxygen atoms in total. The molecule has 95 heavy (non-hydrogen) atoms. The topological polar surface area (TPSA) is 0 Å². The maximum atomic E-state index is 4.30. The van der Waals surface area contributed by atoms with Gasteiger partial charge < -0.3 is 0 Å². The van der Waals surface area contributed by atoms with Crippen LogP contribution in [0.2, 0.25) is 0 Å².